The lowest BCUT2D eigenvalue weighted by Crippen LogP contribution is -2.40. The van der Waals surface area contributed by atoms with E-state index in [-0.39, 0.29) is 0 Å². The predicted octanol–water partition coefficient (Wildman–Crippen LogP) is 0.821. The first-order chi connectivity index (χ1) is 9.74. The molecule has 6 nitrogen and oxygen atoms in total. The fourth-order valence-electron chi connectivity index (χ4n) is 2.54. The third-order valence-corrected chi connectivity index (χ3v) is 3.58. The fourth-order valence-corrected chi connectivity index (χ4v) is 2.54. The van der Waals surface area contributed by atoms with Gasteiger partial charge >= 0.3 is 0 Å². The van der Waals surface area contributed by atoms with Crippen LogP contribution >= 0.6 is 0 Å². The highest BCUT2D eigenvalue weighted by Gasteiger charge is 2.26. The molecule has 0 bridgehead atoms. The molecule has 20 heavy (non-hydrogen) atoms. The highest BCUT2D eigenvalue weighted by atomic mass is 16.5. The van der Waals surface area contributed by atoms with Crippen molar-refractivity contribution < 1.29 is 4.74 Å². The molecule has 0 aliphatic carbocycles. The summed E-state index contributed by atoms with van der Waals surface area (Å²) in [6.45, 7) is 6.39. The number of aryl methyl sites for hydroxylation is 1. The van der Waals surface area contributed by atoms with Crippen molar-refractivity contribution in [2.24, 2.45) is 12.0 Å². The van der Waals surface area contributed by atoms with Gasteiger partial charge in [0.15, 0.2) is 5.96 Å². The minimum atomic E-state index is 0.551. The first kappa shape index (κ1) is 14.8. The van der Waals surface area contributed by atoms with Crippen LogP contribution in [0.3, 0.4) is 0 Å². The van der Waals surface area contributed by atoms with Crippen molar-refractivity contribution in [1.82, 2.24) is 20.0 Å². The van der Waals surface area contributed by atoms with Crippen LogP contribution in [-0.4, -0.2) is 60.5 Å². The van der Waals surface area contributed by atoms with Gasteiger partial charge in [-0.05, 0) is 18.9 Å². The molecule has 1 aromatic heterocycles. The molecule has 0 radical (unpaired) electrons. The van der Waals surface area contributed by atoms with Crippen LogP contribution in [0.25, 0.3) is 0 Å². The van der Waals surface area contributed by atoms with Crippen LogP contribution in [0.1, 0.15) is 24.8 Å². The molecule has 112 valence electrons. The molecule has 1 aliphatic heterocycles. The number of aliphatic imine (C=N–C) groups is 1. The maximum Gasteiger partial charge on any atom is 0.194 e. The molecule has 2 heterocycles. The van der Waals surface area contributed by atoms with Gasteiger partial charge in [-0.1, -0.05) is 0 Å². The van der Waals surface area contributed by atoms with Crippen LogP contribution in [0.15, 0.2) is 17.4 Å². The van der Waals surface area contributed by atoms with E-state index in [2.05, 4.69) is 33.4 Å². The number of likely N-dealkylation sites (tertiary alicyclic amines) is 1. The van der Waals surface area contributed by atoms with Gasteiger partial charge in [0.25, 0.3) is 0 Å². The summed E-state index contributed by atoms with van der Waals surface area (Å²) in [4.78, 5) is 6.93. The van der Waals surface area contributed by atoms with Gasteiger partial charge in [0.2, 0.25) is 0 Å². The van der Waals surface area contributed by atoms with Gasteiger partial charge in [-0.2, -0.15) is 5.10 Å². The van der Waals surface area contributed by atoms with E-state index in [1.54, 1.807) is 7.11 Å². The van der Waals surface area contributed by atoms with E-state index >= 15 is 0 Å². The molecule has 1 aromatic rings. The van der Waals surface area contributed by atoms with Gasteiger partial charge in [-0.25, -0.2) is 0 Å². The Hall–Kier alpha value is -1.56. The largest absolute Gasteiger partial charge is 0.383 e. The number of methoxy groups -OCH3 is 1. The number of guanidine groups is 1. The monoisotopic (exact) mass is 279 g/mol. The SMILES string of the molecule is CCNC(=NCCOC)N1CCC(c2cnn(C)c2)C1. The zero-order valence-electron chi connectivity index (χ0n) is 12.7. The second-order valence-corrected chi connectivity index (χ2v) is 5.11. The standard InChI is InChI=1S/C14H25N5O/c1-4-15-14(16-6-8-20-3)19-7-5-12(11-19)13-9-17-18(2)10-13/h9-10,12H,4-8,11H2,1-3H3,(H,15,16). The van der Waals surface area contributed by atoms with Crippen molar-refractivity contribution in [3.63, 3.8) is 0 Å². The van der Waals surface area contributed by atoms with Crippen molar-refractivity contribution in [2.75, 3.05) is 39.9 Å². The number of rotatable bonds is 5. The highest BCUT2D eigenvalue weighted by Crippen LogP contribution is 2.26. The fraction of sp³-hybridized carbons (Fsp3) is 0.714. The van der Waals surface area contributed by atoms with Crippen LogP contribution in [0.2, 0.25) is 0 Å². The molecule has 0 saturated carbocycles. The quantitative estimate of drug-likeness (QED) is 0.492. The van der Waals surface area contributed by atoms with Crippen LogP contribution in [-0.2, 0) is 11.8 Å². The van der Waals surface area contributed by atoms with Crippen LogP contribution < -0.4 is 5.32 Å². The Bertz CT molecular complexity index is 443. The van der Waals surface area contributed by atoms with E-state index in [0.29, 0.717) is 19.1 Å². The summed E-state index contributed by atoms with van der Waals surface area (Å²) in [6.07, 6.45) is 5.24. The zero-order valence-corrected chi connectivity index (χ0v) is 12.7. The van der Waals surface area contributed by atoms with Gasteiger partial charge in [0, 0.05) is 45.9 Å². The molecule has 2 rings (SSSR count). The topological polar surface area (TPSA) is 54.7 Å². The Morgan fingerprint density at radius 3 is 3.10 bits per heavy atom. The van der Waals surface area contributed by atoms with E-state index in [0.717, 1.165) is 32.0 Å². The van der Waals surface area contributed by atoms with E-state index in [9.17, 15) is 0 Å². The van der Waals surface area contributed by atoms with Crippen LogP contribution in [0.5, 0.6) is 0 Å². The number of nitrogens with one attached hydrogen (secondary N) is 1. The van der Waals surface area contributed by atoms with Crippen molar-refractivity contribution in [3.05, 3.63) is 18.0 Å². The van der Waals surface area contributed by atoms with Gasteiger partial charge in [0.1, 0.15) is 0 Å². The predicted molar refractivity (Wildman–Crippen MR) is 80.0 cm³/mol. The molecule has 1 aliphatic rings. The van der Waals surface area contributed by atoms with E-state index in [1.165, 1.54) is 5.56 Å². The second kappa shape index (κ2) is 7.28. The van der Waals surface area contributed by atoms with Gasteiger partial charge in [-0.3, -0.25) is 9.67 Å². The number of nitrogens with zero attached hydrogens (tertiary/aromatic N) is 4. The van der Waals surface area contributed by atoms with Gasteiger partial charge in [0.05, 0.1) is 19.3 Å². The van der Waals surface area contributed by atoms with Crippen molar-refractivity contribution in [1.29, 1.82) is 0 Å². The maximum absolute atomic E-state index is 5.06. The van der Waals surface area contributed by atoms with Gasteiger partial charge in [-0.15, -0.1) is 0 Å². The number of aromatic nitrogens is 2. The minimum absolute atomic E-state index is 0.551. The Kier molecular flexibility index (Phi) is 5.40. The summed E-state index contributed by atoms with van der Waals surface area (Å²) in [6, 6.07) is 0. The molecule has 0 aromatic carbocycles. The Labute approximate surface area is 120 Å². The summed E-state index contributed by atoms with van der Waals surface area (Å²) < 4.78 is 6.93. The zero-order chi connectivity index (χ0) is 14.4. The summed E-state index contributed by atoms with van der Waals surface area (Å²) >= 11 is 0. The average molecular weight is 279 g/mol. The molecule has 0 spiro atoms. The molecule has 6 heteroatoms. The average Bonchev–Trinajstić information content (AvgIpc) is 3.06. The summed E-state index contributed by atoms with van der Waals surface area (Å²) in [5.41, 5.74) is 1.32. The first-order valence-electron chi connectivity index (χ1n) is 7.25. The molecular formula is C14H25N5O. The molecule has 0 amide bonds. The lowest BCUT2D eigenvalue weighted by atomic mass is 10.0. The number of hydrogen-bond acceptors (Lipinski definition) is 3. The Balaban J connectivity index is 1.96. The van der Waals surface area contributed by atoms with Crippen molar-refractivity contribution in [2.45, 2.75) is 19.3 Å². The second-order valence-electron chi connectivity index (χ2n) is 5.11. The summed E-state index contributed by atoms with van der Waals surface area (Å²) in [7, 11) is 3.67. The molecule has 1 fully saturated rings. The van der Waals surface area contributed by atoms with Crippen LogP contribution in [0, 0.1) is 0 Å². The highest BCUT2D eigenvalue weighted by molar-refractivity contribution is 5.80. The Morgan fingerprint density at radius 2 is 2.45 bits per heavy atom. The number of hydrogen-bond donors (Lipinski definition) is 1. The van der Waals surface area contributed by atoms with Crippen LogP contribution in [0.4, 0.5) is 0 Å². The normalized spacial score (nSPS) is 19.6. The van der Waals surface area contributed by atoms with Crippen molar-refractivity contribution in [3.8, 4) is 0 Å². The number of ether oxygens (including phenoxy) is 1. The van der Waals surface area contributed by atoms with E-state index in [4.69, 9.17) is 4.74 Å². The molecule has 1 saturated heterocycles. The Morgan fingerprint density at radius 1 is 1.60 bits per heavy atom. The molecule has 1 unspecified atom stereocenters. The summed E-state index contributed by atoms with van der Waals surface area (Å²) in [5, 5.41) is 7.62. The maximum atomic E-state index is 5.06. The minimum Gasteiger partial charge on any atom is -0.383 e. The molecular weight excluding hydrogens is 254 g/mol. The van der Waals surface area contributed by atoms with Gasteiger partial charge < -0.3 is 15.0 Å². The smallest absolute Gasteiger partial charge is 0.194 e. The molecule has 1 atom stereocenters. The van der Waals surface area contributed by atoms with E-state index < -0.39 is 0 Å². The molecule has 1 N–H and O–H groups in total. The lowest BCUT2D eigenvalue weighted by molar-refractivity contribution is 0.207. The van der Waals surface area contributed by atoms with E-state index in [1.807, 2.05) is 17.9 Å². The van der Waals surface area contributed by atoms with Crippen molar-refractivity contribution >= 4 is 5.96 Å². The first-order valence-corrected chi connectivity index (χ1v) is 7.25. The third-order valence-electron chi connectivity index (χ3n) is 3.58. The summed E-state index contributed by atoms with van der Waals surface area (Å²) in [5.74, 6) is 1.55. The third kappa shape index (κ3) is 3.72. The lowest BCUT2D eigenvalue weighted by Gasteiger charge is -2.21.